The first kappa shape index (κ1) is 19.2. The normalized spacial score (nSPS) is 11.5. The summed E-state index contributed by atoms with van der Waals surface area (Å²) in [5.41, 5.74) is 3.79. The van der Waals surface area contributed by atoms with Crippen LogP contribution in [0.15, 0.2) is 42.5 Å². The Hall–Kier alpha value is -3.15. The molecule has 1 atom stereocenters. The number of nitrogens with one attached hydrogen (secondary N) is 2. The zero-order valence-corrected chi connectivity index (χ0v) is 15.0. The minimum absolute atomic E-state index is 0.207. The zero-order chi connectivity index (χ0) is 19.3. The van der Waals surface area contributed by atoms with E-state index in [9.17, 15) is 19.5 Å². The molecule has 2 aromatic rings. The molecule has 26 heavy (non-hydrogen) atoms. The van der Waals surface area contributed by atoms with Crippen LogP contribution >= 0.6 is 0 Å². The van der Waals surface area contributed by atoms with Crippen molar-refractivity contribution in [3.8, 4) is 0 Å². The topological polar surface area (TPSA) is 95.5 Å². The number of amides is 2. The molecule has 0 radical (unpaired) electrons. The lowest BCUT2D eigenvalue weighted by Gasteiger charge is -2.17. The van der Waals surface area contributed by atoms with Crippen LogP contribution in [0, 0.1) is 13.8 Å². The van der Waals surface area contributed by atoms with Crippen LogP contribution in [0.3, 0.4) is 0 Å². The van der Waals surface area contributed by atoms with E-state index in [-0.39, 0.29) is 12.3 Å². The van der Waals surface area contributed by atoms with Gasteiger partial charge in [-0.3, -0.25) is 9.59 Å². The van der Waals surface area contributed by atoms with E-state index in [2.05, 4.69) is 10.6 Å². The lowest BCUT2D eigenvalue weighted by molar-refractivity contribution is -0.139. The maximum atomic E-state index is 12.4. The predicted molar refractivity (Wildman–Crippen MR) is 99.3 cm³/mol. The molecule has 0 fully saturated rings. The van der Waals surface area contributed by atoms with Crippen molar-refractivity contribution in [1.82, 2.24) is 5.32 Å². The van der Waals surface area contributed by atoms with Crippen molar-refractivity contribution in [1.29, 1.82) is 0 Å². The second-order valence-corrected chi connectivity index (χ2v) is 6.20. The van der Waals surface area contributed by atoms with Gasteiger partial charge in [-0.15, -0.1) is 0 Å². The number of hydrogen-bond acceptors (Lipinski definition) is 3. The van der Waals surface area contributed by atoms with Gasteiger partial charge in [-0.25, -0.2) is 4.79 Å². The highest BCUT2D eigenvalue weighted by molar-refractivity contribution is 5.97. The first-order valence-corrected chi connectivity index (χ1v) is 8.24. The molecule has 0 aliphatic rings. The highest BCUT2D eigenvalue weighted by Gasteiger charge is 2.22. The van der Waals surface area contributed by atoms with Crippen molar-refractivity contribution in [2.45, 2.75) is 33.2 Å². The van der Waals surface area contributed by atoms with Gasteiger partial charge in [-0.2, -0.15) is 0 Å². The molecule has 2 amide bonds. The molecule has 136 valence electrons. The van der Waals surface area contributed by atoms with Crippen molar-refractivity contribution >= 4 is 23.5 Å². The summed E-state index contributed by atoms with van der Waals surface area (Å²) in [7, 11) is 0. The summed E-state index contributed by atoms with van der Waals surface area (Å²) < 4.78 is 0. The Bertz CT molecular complexity index is 808. The van der Waals surface area contributed by atoms with Gasteiger partial charge in [0.05, 0.1) is 0 Å². The van der Waals surface area contributed by atoms with E-state index in [1.807, 2.05) is 32.0 Å². The number of carboxylic acids is 1. The molecule has 0 bridgehead atoms. The van der Waals surface area contributed by atoms with Gasteiger partial charge < -0.3 is 15.7 Å². The second-order valence-electron chi connectivity index (χ2n) is 6.20. The summed E-state index contributed by atoms with van der Waals surface area (Å²) in [5.74, 6) is -1.77. The molecular weight excluding hydrogens is 332 g/mol. The van der Waals surface area contributed by atoms with Crippen LogP contribution in [0.2, 0.25) is 0 Å². The summed E-state index contributed by atoms with van der Waals surface area (Å²) in [4.78, 5) is 35.0. The van der Waals surface area contributed by atoms with E-state index in [0.717, 1.165) is 16.7 Å². The van der Waals surface area contributed by atoms with E-state index in [0.29, 0.717) is 11.3 Å². The van der Waals surface area contributed by atoms with Gasteiger partial charge in [0.1, 0.15) is 6.04 Å². The Morgan fingerprint density at radius 1 is 1.00 bits per heavy atom. The highest BCUT2D eigenvalue weighted by atomic mass is 16.4. The number of rotatable bonds is 6. The van der Waals surface area contributed by atoms with Crippen LogP contribution in [0.5, 0.6) is 0 Å². The average Bonchev–Trinajstić information content (AvgIpc) is 2.57. The molecule has 0 heterocycles. The van der Waals surface area contributed by atoms with E-state index < -0.39 is 17.9 Å². The first-order valence-electron chi connectivity index (χ1n) is 8.24. The first-order chi connectivity index (χ1) is 12.3. The van der Waals surface area contributed by atoms with Crippen LogP contribution in [0.25, 0.3) is 0 Å². The Morgan fingerprint density at radius 2 is 1.58 bits per heavy atom. The molecule has 6 nitrogen and oxygen atoms in total. The van der Waals surface area contributed by atoms with Crippen molar-refractivity contribution in [2.24, 2.45) is 0 Å². The van der Waals surface area contributed by atoms with Crippen molar-refractivity contribution in [3.63, 3.8) is 0 Å². The van der Waals surface area contributed by atoms with Crippen LogP contribution in [-0.4, -0.2) is 28.9 Å². The number of aryl methyl sites for hydroxylation is 2. The summed E-state index contributed by atoms with van der Waals surface area (Å²) in [6, 6.07) is 11.0. The number of carbonyl (C=O) groups is 3. The van der Waals surface area contributed by atoms with Crippen LogP contribution in [-0.2, 0) is 16.0 Å². The number of carboxylic acid groups (broad SMARTS) is 1. The lowest BCUT2D eigenvalue weighted by Crippen LogP contribution is -2.42. The van der Waals surface area contributed by atoms with E-state index in [4.69, 9.17) is 0 Å². The summed E-state index contributed by atoms with van der Waals surface area (Å²) in [5, 5.41) is 14.7. The van der Waals surface area contributed by atoms with Gasteiger partial charge in [0.25, 0.3) is 5.91 Å². The Balaban J connectivity index is 2.13. The summed E-state index contributed by atoms with van der Waals surface area (Å²) in [6.45, 7) is 5.24. The maximum Gasteiger partial charge on any atom is 0.326 e. The molecule has 0 saturated carbocycles. The third kappa shape index (κ3) is 4.92. The summed E-state index contributed by atoms with van der Waals surface area (Å²) >= 11 is 0. The van der Waals surface area contributed by atoms with Crippen LogP contribution in [0.1, 0.15) is 34.0 Å². The standard InChI is InChI=1S/C20H22N2O4/c1-12-5-4-6-13(2)17(12)11-18(20(25)26)22-19(24)15-7-9-16(10-8-15)21-14(3)23/h4-10,18H,11H2,1-3H3,(H,21,23)(H,22,24)(H,25,26)/t18-/m0/s1. The van der Waals surface area contributed by atoms with Gasteiger partial charge in [0, 0.05) is 24.6 Å². The van der Waals surface area contributed by atoms with E-state index in [1.165, 1.54) is 6.92 Å². The summed E-state index contributed by atoms with van der Waals surface area (Å²) in [6.07, 6.45) is 0.212. The monoisotopic (exact) mass is 354 g/mol. The fourth-order valence-corrected chi connectivity index (χ4v) is 2.72. The van der Waals surface area contributed by atoms with Gasteiger partial charge >= 0.3 is 5.97 Å². The third-order valence-corrected chi connectivity index (χ3v) is 4.12. The quantitative estimate of drug-likeness (QED) is 0.743. The van der Waals surface area contributed by atoms with Crippen molar-refractivity contribution in [3.05, 3.63) is 64.7 Å². The number of anilines is 1. The largest absolute Gasteiger partial charge is 0.480 e. The molecule has 0 saturated heterocycles. The average molecular weight is 354 g/mol. The molecule has 0 spiro atoms. The smallest absolute Gasteiger partial charge is 0.326 e. The predicted octanol–water partition coefficient (Wildman–Crippen LogP) is 2.69. The van der Waals surface area contributed by atoms with Gasteiger partial charge in [0.15, 0.2) is 0 Å². The fraction of sp³-hybridized carbons (Fsp3) is 0.250. The third-order valence-electron chi connectivity index (χ3n) is 4.12. The highest BCUT2D eigenvalue weighted by Crippen LogP contribution is 2.16. The van der Waals surface area contributed by atoms with Gasteiger partial charge in [-0.05, 0) is 54.8 Å². The van der Waals surface area contributed by atoms with Gasteiger partial charge in [-0.1, -0.05) is 18.2 Å². The molecule has 2 aromatic carbocycles. The molecule has 0 aliphatic heterocycles. The van der Waals surface area contributed by atoms with Crippen LogP contribution < -0.4 is 10.6 Å². The molecule has 6 heteroatoms. The maximum absolute atomic E-state index is 12.4. The van der Waals surface area contributed by atoms with E-state index in [1.54, 1.807) is 24.3 Å². The number of carbonyl (C=O) groups excluding carboxylic acids is 2. The molecule has 0 aliphatic carbocycles. The fourth-order valence-electron chi connectivity index (χ4n) is 2.72. The minimum Gasteiger partial charge on any atom is -0.480 e. The molecule has 2 rings (SSSR count). The Kier molecular flexibility index (Phi) is 6.11. The Morgan fingerprint density at radius 3 is 2.08 bits per heavy atom. The van der Waals surface area contributed by atoms with E-state index >= 15 is 0 Å². The Labute approximate surface area is 152 Å². The van der Waals surface area contributed by atoms with Crippen molar-refractivity contribution in [2.75, 3.05) is 5.32 Å². The molecular formula is C20H22N2O4. The zero-order valence-electron chi connectivity index (χ0n) is 15.0. The number of hydrogen-bond donors (Lipinski definition) is 3. The second kappa shape index (κ2) is 8.29. The SMILES string of the molecule is CC(=O)Nc1ccc(C(=O)N[C@@H](Cc2c(C)cccc2C)C(=O)O)cc1. The minimum atomic E-state index is -1.09. The number of aliphatic carboxylic acids is 1. The van der Waals surface area contributed by atoms with Gasteiger partial charge in [0.2, 0.25) is 5.91 Å². The number of benzene rings is 2. The van der Waals surface area contributed by atoms with Crippen LogP contribution in [0.4, 0.5) is 5.69 Å². The van der Waals surface area contributed by atoms with Crippen molar-refractivity contribution < 1.29 is 19.5 Å². The molecule has 0 aromatic heterocycles. The molecule has 0 unspecified atom stereocenters. The molecule has 3 N–H and O–H groups in total. The lowest BCUT2D eigenvalue weighted by atomic mass is 9.96.